The second-order valence-electron chi connectivity index (χ2n) is 7.04. The van der Waals surface area contributed by atoms with Crippen LogP contribution in [-0.2, 0) is 0 Å². The van der Waals surface area contributed by atoms with E-state index in [0.29, 0.717) is 16.2 Å². The molecule has 7 nitrogen and oxygen atoms in total. The molecule has 1 aliphatic rings. The Morgan fingerprint density at radius 3 is 2.50 bits per heavy atom. The van der Waals surface area contributed by atoms with E-state index in [9.17, 15) is 0 Å². The maximum atomic E-state index is 5.39. The maximum Gasteiger partial charge on any atom is 0.232 e. The number of thiocarbonyl (C=S) groups is 1. The number of hydrogen-bond acceptors (Lipinski definition) is 7. The average Bonchev–Trinajstić information content (AvgIpc) is 3.08. The van der Waals surface area contributed by atoms with Gasteiger partial charge in [0.05, 0.1) is 0 Å². The number of aromatic nitrogens is 4. The van der Waals surface area contributed by atoms with Crippen molar-refractivity contribution in [3.63, 3.8) is 0 Å². The molecule has 2 aromatic heterocycles. The van der Waals surface area contributed by atoms with E-state index in [4.69, 9.17) is 12.2 Å². The molecule has 0 aromatic carbocycles. The van der Waals surface area contributed by atoms with Crippen molar-refractivity contribution in [1.82, 2.24) is 25.3 Å². The molecule has 0 saturated carbocycles. The predicted molar refractivity (Wildman–Crippen MR) is 109 cm³/mol. The lowest BCUT2D eigenvalue weighted by atomic mass is 10.1. The fourth-order valence-corrected chi connectivity index (χ4v) is 3.64. The first-order chi connectivity index (χ1) is 12.4. The van der Waals surface area contributed by atoms with Crippen molar-refractivity contribution >= 4 is 40.9 Å². The Bertz CT molecular complexity index is 755. The summed E-state index contributed by atoms with van der Waals surface area (Å²) < 4.78 is 0. The number of hydrogen-bond donors (Lipinski definition) is 2. The summed E-state index contributed by atoms with van der Waals surface area (Å²) in [7, 11) is 0. The van der Waals surface area contributed by atoms with E-state index in [1.54, 1.807) is 18.5 Å². The van der Waals surface area contributed by atoms with Crippen molar-refractivity contribution in [3.8, 4) is 0 Å². The zero-order valence-electron chi connectivity index (χ0n) is 15.2. The summed E-state index contributed by atoms with van der Waals surface area (Å²) in [5, 5.41) is 8.27. The fourth-order valence-electron chi connectivity index (χ4n) is 2.53. The minimum Gasteiger partial charge on any atom is -0.358 e. The molecule has 2 aromatic rings. The molecular weight excluding hydrogens is 366 g/mol. The van der Waals surface area contributed by atoms with Crippen LogP contribution in [0.15, 0.2) is 34.7 Å². The topological polar surface area (TPSA) is 78.9 Å². The highest BCUT2D eigenvalue weighted by Gasteiger charge is 2.18. The van der Waals surface area contributed by atoms with Crippen LogP contribution in [0.4, 0.5) is 11.8 Å². The molecule has 1 aliphatic heterocycles. The van der Waals surface area contributed by atoms with Crippen LogP contribution in [0.3, 0.4) is 0 Å². The van der Waals surface area contributed by atoms with E-state index in [-0.39, 0.29) is 5.54 Å². The van der Waals surface area contributed by atoms with Crippen molar-refractivity contribution in [1.29, 1.82) is 0 Å². The molecule has 0 atom stereocenters. The van der Waals surface area contributed by atoms with E-state index in [2.05, 4.69) is 56.2 Å². The lowest BCUT2D eigenvalue weighted by Gasteiger charge is -2.23. The van der Waals surface area contributed by atoms with Gasteiger partial charge in [0.1, 0.15) is 10.8 Å². The molecule has 0 radical (unpaired) electrons. The summed E-state index contributed by atoms with van der Waals surface area (Å²) in [6.07, 6.45) is 5.81. The molecule has 2 N–H and O–H groups in total. The highest BCUT2D eigenvalue weighted by atomic mass is 32.2. The smallest absolute Gasteiger partial charge is 0.232 e. The second-order valence-corrected chi connectivity index (χ2v) is 8.44. The zero-order chi connectivity index (χ0) is 18.6. The van der Waals surface area contributed by atoms with Gasteiger partial charge < -0.3 is 15.5 Å². The first kappa shape index (κ1) is 18.8. The van der Waals surface area contributed by atoms with E-state index in [1.807, 2.05) is 6.07 Å². The van der Waals surface area contributed by atoms with Crippen LogP contribution in [0, 0.1) is 0 Å². The van der Waals surface area contributed by atoms with Gasteiger partial charge in [-0.2, -0.15) is 4.98 Å². The molecule has 3 rings (SSSR count). The van der Waals surface area contributed by atoms with Gasteiger partial charge in [-0.3, -0.25) is 0 Å². The maximum absolute atomic E-state index is 5.39. The second kappa shape index (κ2) is 8.13. The first-order valence-corrected chi connectivity index (χ1v) is 9.80. The normalized spacial score (nSPS) is 14.3. The molecule has 3 heterocycles. The minimum absolute atomic E-state index is 0.133. The molecule has 1 saturated heterocycles. The van der Waals surface area contributed by atoms with Gasteiger partial charge >= 0.3 is 0 Å². The van der Waals surface area contributed by atoms with Crippen LogP contribution in [-0.4, -0.2) is 43.7 Å². The summed E-state index contributed by atoms with van der Waals surface area (Å²) in [5.74, 6) is 1.38. The van der Waals surface area contributed by atoms with E-state index >= 15 is 0 Å². The highest BCUT2D eigenvalue weighted by Crippen LogP contribution is 2.28. The Morgan fingerprint density at radius 1 is 1.15 bits per heavy atom. The standard InChI is InChI=1S/C17H23N7S2/c1-17(2,3)23-15(25)22-14-20-12(24-9-4-5-10-24)11-13(21-14)26-16-18-7-6-8-19-16/h6-8,11H,4-5,9-10H2,1-3H3,(H2,20,21,22,23,25). The van der Waals surface area contributed by atoms with E-state index < -0.39 is 0 Å². The lowest BCUT2D eigenvalue weighted by Crippen LogP contribution is -2.43. The summed E-state index contributed by atoms with van der Waals surface area (Å²) in [6.45, 7) is 8.17. The zero-order valence-corrected chi connectivity index (χ0v) is 16.8. The quantitative estimate of drug-likeness (QED) is 0.466. The SMILES string of the molecule is CC(C)(C)NC(=S)Nc1nc(Sc2ncccn2)cc(N2CCCC2)n1. The molecule has 0 amide bonds. The fraction of sp³-hybridized carbons (Fsp3) is 0.471. The number of nitrogens with one attached hydrogen (secondary N) is 2. The largest absolute Gasteiger partial charge is 0.358 e. The van der Waals surface area contributed by atoms with Gasteiger partial charge in [0.15, 0.2) is 10.3 Å². The third-order valence-corrected chi connectivity index (χ3v) is 4.59. The molecule has 0 aliphatic carbocycles. The molecule has 0 unspecified atom stereocenters. The Kier molecular flexibility index (Phi) is 5.87. The third kappa shape index (κ3) is 5.50. The molecule has 26 heavy (non-hydrogen) atoms. The number of rotatable bonds is 4. The Hall–Kier alpha value is -2.00. The van der Waals surface area contributed by atoms with Gasteiger partial charge in [0.25, 0.3) is 0 Å². The average molecular weight is 390 g/mol. The summed E-state index contributed by atoms with van der Waals surface area (Å²) in [6, 6.07) is 3.78. The van der Waals surface area contributed by atoms with Crippen LogP contribution < -0.4 is 15.5 Å². The highest BCUT2D eigenvalue weighted by molar-refractivity contribution is 7.99. The van der Waals surface area contributed by atoms with Crippen LogP contribution in [0.1, 0.15) is 33.6 Å². The predicted octanol–water partition coefficient (Wildman–Crippen LogP) is 3.10. The number of anilines is 2. The summed E-state index contributed by atoms with van der Waals surface area (Å²) >= 11 is 6.80. The van der Waals surface area contributed by atoms with Gasteiger partial charge in [-0.25, -0.2) is 15.0 Å². The van der Waals surface area contributed by atoms with Crippen molar-refractivity contribution in [2.45, 2.75) is 49.3 Å². The van der Waals surface area contributed by atoms with Crippen LogP contribution in [0.2, 0.25) is 0 Å². The van der Waals surface area contributed by atoms with Gasteiger partial charge in [-0.05, 0) is 63.7 Å². The molecule has 1 fully saturated rings. The van der Waals surface area contributed by atoms with E-state index in [0.717, 1.165) is 23.9 Å². The van der Waals surface area contributed by atoms with Crippen molar-refractivity contribution < 1.29 is 0 Å². The van der Waals surface area contributed by atoms with Gasteiger partial charge in [-0.1, -0.05) is 0 Å². The summed E-state index contributed by atoms with van der Waals surface area (Å²) in [4.78, 5) is 20.0. The molecule has 138 valence electrons. The molecule has 0 spiro atoms. The Morgan fingerprint density at radius 2 is 1.85 bits per heavy atom. The third-order valence-electron chi connectivity index (χ3n) is 3.57. The van der Waals surface area contributed by atoms with Crippen molar-refractivity contribution in [2.24, 2.45) is 0 Å². The monoisotopic (exact) mass is 389 g/mol. The van der Waals surface area contributed by atoms with E-state index in [1.165, 1.54) is 24.6 Å². The van der Waals surface area contributed by atoms with Crippen LogP contribution in [0.25, 0.3) is 0 Å². The number of nitrogens with zero attached hydrogens (tertiary/aromatic N) is 5. The minimum atomic E-state index is -0.133. The Balaban J connectivity index is 1.83. The van der Waals surface area contributed by atoms with Gasteiger partial charge in [0.2, 0.25) is 5.95 Å². The molecule has 9 heteroatoms. The molecule has 0 bridgehead atoms. The summed E-state index contributed by atoms with van der Waals surface area (Å²) in [5.41, 5.74) is -0.133. The van der Waals surface area contributed by atoms with Crippen molar-refractivity contribution in [2.75, 3.05) is 23.3 Å². The van der Waals surface area contributed by atoms with Gasteiger partial charge in [0, 0.05) is 37.1 Å². The van der Waals surface area contributed by atoms with Crippen molar-refractivity contribution in [3.05, 3.63) is 24.5 Å². The molecular formula is C17H23N7S2. The Labute approximate surface area is 163 Å². The van der Waals surface area contributed by atoms with Crippen LogP contribution >= 0.6 is 24.0 Å². The first-order valence-electron chi connectivity index (χ1n) is 8.57. The van der Waals surface area contributed by atoms with Gasteiger partial charge in [-0.15, -0.1) is 0 Å². The van der Waals surface area contributed by atoms with Crippen LogP contribution in [0.5, 0.6) is 0 Å². The lowest BCUT2D eigenvalue weighted by molar-refractivity contribution is 0.514.